The van der Waals surface area contributed by atoms with Crippen LogP contribution >= 0.6 is 31.9 Å². The zero-order chi connectivity index (χ0) is 13.3. The Bertz CT molecular complexity index is 564. The molecule has 2 N–H and O–H groups in total. The van der Waals surface area contributed by atoms with Crippen LogP contribution in [0.2, 0.25) is 0 Å². The number of nitrogens with zero attached hydrogens (tertiary/aromatic N) is 1. The molecule has 1 heterocycles. The summed E-state index contributed by atoms with van der Waals surface area (Å²) in [5.74, 6) is 1.73. The fourth-order valence-electron chi connectivity index (χ4n) is 1.81. The molecule has 1 aromatic carbocycles. The number of benzene rings is 1. The summed E-state index contributed by atoms with van der Waals surface area (Å²) in [4.78, 5) is 0. The van der Waals surface area contributed by atoms with Crippen LogP contribution in [0.3, 0.4) is 0 Å². The van der Waals surface area contributed by atoms with Gasteiger partial charge in [0.1, 0.15) is 0 Å². The van der Waals surface area contributed by atoms with E-state index in [9.17, 15) is 0 Å². The van der Waals surface area contributed by atoms with Gasteiger partial charge in [0.25, 0.3) is 0 Å². The van der Waals surface area contributed by atoms with Crippen molar-refractivity contribution in [2.45, 2.75) is 20.3 Å². The lowest BCUT2D eigenvalue weighted by Crippen LogP contribution is -1.99. The highest BCUT2D eigenvalue weighted by atomic mass is 79.9. The number of aromatic nitrogens is 1. The summed E-state index contributed by atoms with van der Waals surface area (Å²) in [5.41, 5.74) is 7.83. The van der Waals surface area contributed by atoms with E-state index in [4.69, 9.17) is 10.3 Å². The molecule has 0 aliphatic rings. The van der Waals surface area contributed by atoms with Gasteiger partial charge in [-0.25, -0.2) is 0 Å². The Morgan fingerprint density at radius 1 is 1.33 bits per heavy atom. The largest absolute Gasteiger partial charge is 0.381 e. The van der Waals surface area contributed by atoms with Crippen LogP contribution in [0.25, 0.3) is 11.3 Å². The van der Waals surface area contributed by atoms with Crippen molar-refractivity contribution in [2.24, 2.45) is 5.92 Å². The van der Waals surface area contributed by atoms with Crippen molar-refractivity contribution < 1.29 is 4.52 Å². The van der Waals surface area contributed by atoms with Crippen molar-refractivity contribution in [2.75, 3.05) is 5.73 Å². The molecule has 0 amide bonds. The van der Waals surface area contributed by atoms with Gasteiger partial charge in [-0.3, -0.25) is 0 Å². The molecule has 0 bridgehead atoms. The molecule has 0 fully saturated rings. The second kappa shape index (κ2) is 5.45. The van der Waals surface area contributed by atoms with Crippen molar-refractivity contribution in [1.82, 2.24) is 5.16 Å². The molecule has 0 aliphatic heterocycles. The average molecular weight is 374 g/mol. The van der Waals surface area contributed by atoms with E-state index >= 15 is 0 Å². The highest BCUT2D eigenvalue weighted by Crippen LogP contribution is 2.35. The molecular formula is C13H14Br2N2O. The molecule has 0 radical (unpaired) electrons. The van der Waals surface area contributed by atoms with E-state index in [1.54, 1.807) is 0 Å². The SMILES string of the molecule is CC(C)Cc1c(N)noc1-c1ccc(Br)cc1Br. The van der Waals surface area contributed by atoms with Gasteiger partial charge in [-0.15, -0.1) is 0 Å². The monoisotopic (exact) mass is 372 g/mol. The molecule has 0 atom stereocenters. The number of halogens is 2. The highest BCUT2D eigenvalue weighted by Gasteiger charge is 2.18. The minimum absolute atomic E-state index is 0.480. The molecule has 0 unspecified atom stereocenters. The molecule has 5 heteroatoms. The molecule has 18 heavy (non-hydrogen) atoms. The fraction of sp³-hybridized carbons (Fsp3) is 0.308. The summed E-state index contributed by atoms with van der Waals surface area (Å²) in [5, 5.41) is 3.88. The predicted molar refractivity (Wildman–Crippen MR) is 80.3 cm³/mol. The predicted octanol–water partition coefficient (Wildman–Crippen LogP) is 4.65. The van der Waals surface area contributed by atoms with Gasteiger partial charge in [0.2, 0.25) is 0 Å². The number of hydrogen-bond acceptors (Lipinski definition) is 3. The van der Waals surface area contributed by atoms with E-state index in [1.807, 2.05) is 18.2 Å². The standard InChI is InChI=1S/C13H14Br2N2O/c1-7(2)5-10-12(18-17-13(10)16)9-4-3-8(14)6-11(9)15/h3-4,6-7H,5H2,1-2H3,(H2,16,17). The third-order valence-corrected chi connectivity index (χ3v) is 3.76. The van der Waals surface area contributed by atoms with Crippen molar-refractivity contribution >= 4 is 37.7 Å². The number of anilines is 1. The first kappa shape index (κ1) is 13.6. The lowest BCUT2D eigenvalue weighted by molar-refractivity contribution is 0.434. The second-order valence-corrected chi connectivity index (χ2v) is 6.37. The van der Waals surface area contributed by atoms with Crippen LogP contribution < -0.4 is 5.73 Å². The Morgan fingerprint density at radius 2 is 2.06 bits per heavy atom. The van der Waals surface area contributed by atoms with Crippen molar-refractivity contribution in [3.63, 3.8) is 0 Å². The number of nitrogens with two attached hydrogens (primary N) is 1. The molecule has 2 aromatic rings. The molecule has 0 saturated heterocycles. The first-order valence-electron chi connectivity index (χ1n) is 5.68. The van der Waals surface area contributed by atoms with E-state index in [0.29, 0.717) is 11.7 Å². The van der Waals surface area contributed by atoms with Gasteiger partial charge in [-0.2, -0.15) is 0 Å². The van der Waals surface area contributed by atoms with Crippen LogP contribution in [0.15, 0.2) is 31.7 Å². The fourth-order valence-corrected chi connectivity index (χ4v) is 3.04. The van der Waals surface area contributed by atoms with Gasteiger partial charge in [-0.1, -0.05) is 34.9 Å². The van der Waals surface area contributed by atoms with E-state index in [2.05, 4.69) is 50.9 Å². The summed E-state index contributed by atoms with van der Waals surface area (Å²) in [6.45, 7) is 4.29. The van der Waals surface area contributed by atoms with Crippen LogP contribution in [0.4, 0.5) is 5.82 Å². The van der Waals surface area contributed by atoms with Gasteiger partial charge in [0, 0.05) is 20.1 Å². The Labute approximate surface area is 123 Å². The molecule has 0 aliphatic carbocycles. The summed E-state index contributed by atoms with van der Waals surface area (Å²) >= 11 is 6.97. The first-order chi connectivity index (χ1) is 8.49. The number of rotatable bonds is 3. The molecule has 1 aromatic heterocycles. The van der Waals surface area contributed by atoms with Crippen molar-refractivity contribution in [3.8, 4) is 11.3 Å². The topological polar surface area (TPSA) is 52.0 Å². The lowest BCUT2D eigenvalue weighted by atomic mass is 10.00. The summed E-state index contributed by atoms with van der Waals surface area (Å²) < 4.78 is 7.35. The Hall–Kier alpha value is -0.810. The van der Waals surface area contributed by atoms with Crippen LogP contribution in [0.1, 0.15) is 19.4 Å². The van der Waals surface area contributed by atoms with Gasteiger partial charge in [0.05, 0.1) is 0 Å². The van der Waals surface area contributed by atoms with Crippen LogP contribution in [0, 0.1) is 5.92 Å². The van der Waals surface area contributed by atoms with Gasteiger partial charge >= 0.3 is 0 Å². The number of nitrogen functional groups attached to an aromatic ring is 1. The zero-order valence-electron chi connectivity index (χ0n) is 10.2. The Kier molecular flexibility index (Phi) is 4.12. The Morgan fingerprint density at radius 3 is 2.67 bits per heavy atom. The molecule has 2 rings (SSSR count). The Balaban J connectivity index is 2.50. The van der Waals surface area contributed by atoms with E-state index in [1.165, 1.54) is 0 Å². The van der Waals surface area contributed by atoms with Crippen molar-refractivity contribution in [3.05, 3.63) is 32.7 Å². The van der Waals surface area contributed by atoms with Gasteiger partial charge in [0.15, 0.2) is 11.6 Å². The van der Waals surface area contributed by atoms with Gasteiger partial charge < -0.3 is 10.3 Å². The molecule has 0 saturated carbocycles. The van der Waals surface area contributed by atoms with Crippen LogP contribution in [-0.4, -0.2) is 5.16 Å². The summed E-state index contributed by atoms with van der Waals surface area (Å²) in [6.07, 6.45) is 0.854. The quantitative estimate of drug-likeness (QED) is 0.851. The maximum atomic E-state index is 5.88. The maximum absolute atomic E-state index is 5.88. The third-order valence-electron chi connectivity index (χ3n) is 2.61. The highest BCUT2D eigenvalue weighted by molar-refractivity contribution is 9.11. The first-order valence-corrected chi connectivity index (χ1v) is 7.27. The lowest BCUT2D eigenvalue weighted by Gasteiger charge is -2.07. The normalized spacial score (nSPS) is 11.2. The third kappa shape index (κ3) is 2.78. The van der Waals surface area contributed by atoms with Crippen molar-refractivity contribution in [1.29, 1.82) is 0 Å². The second-order valence-electron chi connectivity index (χ2n) is 4.60. The van der Waals surface area contributed by atoms with E-state index < -0.39 is 0 Å². The molecule has 3 nitrogen and oxygen atoms in total. The molecular weight excluding hydrogens is 360 g/mol. The maximum Gasteiger partial charge on any atom is 0.173 e. The minimum Gasteiger partial charge on any atom is -0.381 e. The van der Waals surface area contributed by atoms with Crippen LogP contribution in [0.5, 0.6) is 0 Å². The summed E-state index contributed by atoms with van der Waals surface area (Å²) in [6, 6.07) is 5.93. The van der Waals surface area contributed by atoms with Crippen LogP contribution in [-0.2, 0) is 6.42 Å². The zero-order valence-corrected chi connectivity index (χ0v) is 13.4. The smallest absolute Gasteiger partial charge is 0.173 e. The molecule has 0 spiro atoms. The summed E-state index contributed by atoms with van der Waals surface area (Å²) in [7, 11) is 0. The minimum atomic E-state index is 0.480. The van der Waals surface area contributed by atoms with E-state index in [-0.39, 0.29) is 0 Å². The molecule has 96 valence electrons. The van der Waals surface area contributed by atoms with Gasteiger partial charge in [-0.05, 0) is 46.5 Å². The van der Waals surface area contributed by atoms with E-state index in [0.717, 1.165) is 32.3 Å². The average Bonchev–Trinajstić information content (AvgIpc) is 2.60. The number of hydrogen-bond donors (Lipinski definition) is 1.